The van der Waals surface area contributed by atoms with Gasteiger partial charge in [0.2, 0.25) is 10.0 Å². The highest BCUT2D eigenvalue weighted by Crippen LogP contribution is 2.35. The average Bonchev–Trinajstić information content (AvgIpc) is 3.13. The smallest absolute Gasteiger partial charge is 0.435 e. The van der Waals surface area contributed by atoms with Gasteiger partial charge in [-0.15, -0.1) is 0 Å². The molecule has 0 saturated heterocycles. The van der Waals surface area contributed by atoms with Crippen molar-refractivity contribution >= 4 is 10.0 Å². The van der Waals surface area contributed by atoms with E-state index in [1.165, 1.54) is 25.3 Å². The fourth-order valence-corrected chi connectivity index (χ4v) is 4.03. The number of aromatic nitrogens is 2. The molecule has 0 saturated carbocycles. The molecule has 3 rings (SSSR count). The Morgan fingerprint density at radius 1 is 1.16 bits per heavy atom. The predicted molar refractivity (Wildman–Crippen MR) is 107 cm³/mol. The lowest BCUT2D eigenvalue weighted by atomic mass is 10.1. The van der Waals surface area contributed by atoms with Crippen LogP contribution in [0.1, 0.15) is 16.8 Å². The van der Waals surface area contributed by atoms with E-state index in [1.807, 2.05) is 0 Å². The minimum absolute atomic E-state index is 0.0516. The molecule has 7 nitrogen and oxygen atoms in total. The van der Waals surface area contributed by atoms with E-state index in [2.05, 4.69) is 5.10 Å². The van der Waals surface area contributed by atoms with Gasteiger partial charge < -0.3 is 9.84 Å². The molecule has 0 atom stereocenters. The van der Waals surface area contributed by atoms with Crippen LogP contribution in [0.4, 0.5) is 13.2 Å². The molecule has 11 heteroatoms. The molecular formula is C20H20F3N3O4S. The quantitative estimate of drug-likeness (QED) is 0.594. The van der Waals surface area contributed by atoms with Gasteiger partial charge in [-0.25, -0.2) is 18.2 Å². The van der Waals surface area contributed by atoms with E-state index in [-0.39, 0.29) is 34.9 Å². The number of halogens is 3. The van der Waals surface area contributed by atoms with Crippen LogP contribution in [-0.2, 0) is 22.6 Å². The summed E-state index contributed by atoms with van der Waals surface area (Å²) in [4.78, 5) is -0.213. The summed E-state index contributed by atoms with van der Waals surface area (Å²) < 4.78 is 70.1. The molecule has 0 unspecified atom stereocenters. The monoisotopic (exact) mass is 455 g/mol. The van der Waals surface area contributed by atoms with Gasteiger partial charge in [0.15, 0.2) is 5.69 Å². The first-order valence-electron chi connectivity index (χ1n) is 9.05. The molecule has 1 aromatic heterocycles. The molecule has 0 radical (unpaired) electrons. The van der Waals surface area contributed by atoms with Gasteiger partial charge in [-0.3, -0.25) is 0 Å². The summed E-state index contributed by atoms with van der Waals surface area (Å²) in [6.07, 6.45) is -4.74. The summed E-state index contributed by atoms with van der Waals surface area (Å²) in [6, 6.07) is 9.67. The van der Waals surface area contributed by atoms with Gasteiger partial charge in [0, 0.05) is 12.2 Å². The Hall–Kier alpha value is -2.89. The lowest BCUT2D eigenvalue weighted by molar-refractivity contribution is -0.141. The van der Waals surface area contributed by atoms with Crippen LogP contribution in [-0.4, -0.2) is 37.0 Å². The van der Waals surface area contributed by atoms with Crippen molar-refractivity contribution in [2.24, 2.45) is 5.14 Å². The SMILES string of the molecule is COc1ccc(-c2cc(C(F)(F)F)nn2-c2ccc(S(N)(=O)=O)c(CCO)c2)cc1C. The third-order valence-corrected chi connectivity index (χ3v) is 5.68. The Kier molecular flexibility index (Phi) is 6.12. The van der Waals surface area contributed by atoms with Crippen molar-refractivity contribution < 1.29 is 31.4 Å². The molecule has 0 aliphatic rings. The third kappa shape index (κ3) is 4.73. The van der Waals surface area contributed by atoms with E-state index in [1.54, 1.807) is 25.1 Å². The molecule has 31 heavy (non-hydrogen) atoms. The standard InChI is InChI=1S/C20H20F3N3O4S/c1-12-9-13(3-5-17(12)30-2)16-11-19(20(21,22)23)25-26(16)15-4-6-18(31(24,28)29)14(10-15)7-8-27/h3-6,9-11,27H,7-8H2,1-2H3,(H2,24,28,29). The summed E-state index contributed by atoms with van der Waals surface area (Å²) in [7, 11) is -2.59. The summed E-state index contributed by atoms with van der Waals surface area (Å²) in [5.41, 5.74) is 0.581. The minimum Gasteiger partial charge on any atom is -0.496 e. The van der Waals surface area contributed by atoms with Crippen molar-refractivity contribution in [3.8, 4) is 22.7 Å². The number of nitrogens with two attached hydrogens (primary N) is 1. The molecule has 0 spiro atoms. The van der Waals surface area contributed by atoms with E-state index in [0.29, 0.717) is 16.9 Å². The predicted octanol–water partition coefficient (Wildman–Crippen LogP) is 3.06. The lowest BCUT2D eigenvalue weighted by Crippen LogP contribution is -2.16. The van der Waals surface area contributed by atoms with Crippen molar-refractivity contribution in [1.29, 1.82) is 0 Å². The van der Waals surface area contributed by atoms with Gasteiger partial charge in [-0.2, -0.15) is 18.3 Å². The third-order valence-electron chi connectivity index (χ3n) is 4.67. The number of benzene rings is 2. The van der Waals surface area contributed by atoms with Gasteiger partial charge in [0.1, 0.15) is 5.75 Å². The summed E-state index contributed by atoms with van der Waals surface area (Å²) >= 11 is 0. The molecule has 0 aliphatic carbocycles. The number of sulfonamides is 1. The molecule has 166 valence electrons. The first kappa shape index (κ1) is 22.8. The highest BCUT2D eigenvalue weighted by Gasteiger charge is 2.35. The number of methoxy groups -OCH3 is 1. The highest BCUT2D eigenvalue weighted by atomic mass is 32.2. The second-order valence-electron chi connectivity index (χ2n) is 6.82. The molecule has 1 heterocycles. The number of nitrogens with zero attached hydrogens (tertiary/aromatic N) is 2. The number of aliphatic hydroxyl groups excluding tert-OH is 1. The van der Waals surface area contributed by atoms with E-state index >= 15 is 0 Å². The number of ether oxygens (including phenoxy) is 1. The zero-order valence-corrected chi connectivity index (χ0v) is 17.5. The lowest BCUT2D eigenvalue weighted by Gasteiger charge is -2.13. The zero-order valence-electron chi connectivity index (χ0n) is 16.6. The van der Waals surface area contributed by atoms with Crippen molar-refractivity contribution in [1.82, 2.24) is 9.78 Å². The van der Waals surface area contributed by atoms with Crippen LogP contribution in [0.25, 0.3) is 16.9 Å². The van der Waals surface area contributed by atoms with Crippen LogP contribution in [0.2, 0.25) is 0 Å². The molecule has 2 aromatic carbocycles. The van der Waals surface area contributed by atoms with E-state index in [4.69, 9.17) is 9.88 Å². The number of alkyl halides is 3. The van der Waals surface area contributed by atoms with Crippen molar-refractivity contribution in [3.63, 3.8) is 0 Å². The van der Waals surface area contributed by atoms with Gasteiger partial charge >= 0.3 is 6.18 Å². The van der Waals surface area contributed by atoms with Crippen LogP contribution in [0, 0.1) is 6.92 Å². The Bertz CT molecular complexity index is 1220. The van der Waals surface area contributed by atoms with Crippen LogP contribution < -0.4 is 9.88 Å². The number of rotatable bonds is 6. The highest BCUT2D eigenvalue weighted by molar-refractivity contribution is 7.89. The molecule has 3 N–H and O–H groups in total. The normalized spacial score (nSPS) is 12.2. The maximum atomic E-state index is 13.4. The molecule has 0 bridgehead atoms. The Morgan fingerprint density at radius 3 is 2.42 bits per heavy atom. The maximum absolute atomic E-state index is 13.4. The fraction of sp³-hybridized carbons (Fsp3) is 0.250. The Balaban J connectivity index is 2.24. The Morgan fingerprint density at radius 2 is 1.87 bits per heavy atom. The average molecular weight is 455 g/mol. The number of hydrogen-bond donors (Lipinski definition) is 2. The van der Waals surface area contributed by atoms with Crippen LogP contribution in [0.3, 0.4) is 0 Å². The molecule has 0 aliphatic heterocycles. The second kappa shape index (κ2) is 8.33. The minimum atomic E-state index is -4.68. The van der Waals surface area contributed by atoms with Crippen LogP contribution in [0.5, 0.6) is 5.75 Å². The number of aliphatic hydroxyl groups is 1. The first-order valence-corrected chi connectivity index (χ1v) is 10.6. The second-order valence-corrected chi connectivity index (χ2v) is 8.35. The van der Waals surface area contributed by atoms with Gasteiger partial charge in [-0.05, 0) is 66.9 Å². The zero-order chi connectivity index (χ0) is 23.0. The van der Waals surface area contributed by atoms with Crippen molar-refractivity contribution in [3.05, 3.63) is 59.3 Å². The van der Waals surface area contributed by atoms with Crippen LogP contribution >= 0.6 is 0 Å². The largest absolute Gasteiger partial charge is 0.496 e. The van der Waals surface area contributed by atoms with E-state index in [9.17, 15) is 26.7 Å². The topological polar surface area (TPSA) is 107 Å². The van der Waals surface area contributed by atoms with Gasteiger partial charge in [0.05, 0.1) is 23.4 Å². The maximum Gasteiger partial charge on any atom is 0.435 e. The number of hydrogen-bond acceptors (Lipinski definition) is 5. The number of primary sulfonamides is 1. The fourth-order valence-electron chi connectivity index (χ4n) is 3.25. The van der Waals surface area contributed by atoms with Crippen molar-refractivity contribution in [2.45, 2.75) is 24.4 Å². The summed E-state index contributed by atoms with van der Waals surface area (Å²) in [6.45, 7) is 1.39. The number of aryl methyl sites for hydroxylation is 1. The summed E-state index contributed by atoms with van der Waals surface area (Å²) in [5, 5.41) is 18.2. The molecule has 0 amide bonds. The van der Waals surface area contributed by atoms with Gasteiger partial charge in [-0.1, -0.05) is 0 Å². The molecular weight excluding hydrogens is 435 g/mol. The summed E-state index contributed by atoms with van der Waals surface area (Å²) in [5.74, 6) is 0.577. The van der Waals surface area contributed by atoms with Crippen molar-refractivity contribution in [2.75, 3.05) is 13.7 Å². The molecule has 0 fully saturated rings. The first-order chi connectivity index (χ1) is 14.5. The molecule has 3 aromatic rings. The van der Waals surface area contributed by atoms with E-state index in [0.717, 1.165) is 10.7 Å². The Labute approximate surface area is 176 Å². The van der Waals surface area contributed by atoms with Crippen LogP contribution in [0.15, 0.2) is 47.4 Å². The van der Waals surface area contributed by atoms with Gasteiger partial charge in [0.25, 0.3) is 0 Å². The van der Waals surface area contributed by atoms with E-state index < -0.39 is 21.9 Å².